The van der Waals surface area contributed by atoms with Gasteiger partial charge in [-0.25, -0.2) is 9.79 Å². The zero-order valence-corrected chi connectivity index (χ0v) is 12.6. The first kappa shape index (κ1) is 15.4. The molecule has 0 N–H and O–H groups in total. The number of methoxy groups -OCH3 is 1. The van der Waals surface area contributed by atoms with Crippen LogP contribution in [0.1, 0.15) is 11.1 Å². The topological polar surface area (TPSA) is 91.0 Å². The van der Waals surface area contributed by atoms with Crippen molar-refractivity contribution in [3.05, 3.63) is 75.5 Å². The largest absolute Gasteiger partial charge is 0.497 e. The Hall–Kier alpha value is -3.48. The summed E-state index contributed by atoms with van der Waals surface area (Å²) in [7, 11) is 1.53. The molecule has 0 fully saturated rings. The molecule has 0 spiro atoms. The highest BCUT2D eigenvalue weighted by atomic mass is 16.6. The van der Waals surface area contributed by atoms with Crippen LogP contribution >= 0.6 is 0 Å². The standard InChI is InChI=1S/C17H12N2O5/c1-23-13-7-4-6-12(9-13)16-18-14(17(20)24-16)10-11-5-2-3-8-15(11)19(21)22/h2-10H,1H3. The van der Waals surface area contributed by atoms with E-state index in [2.05, 4.69) is 4.99 Å². The van der Waals surface area contributed by atoms with Crippen LogP contribution in [-0.2, 0) is 9.53 Å². The minimum absolute atomic E-state index is 0.00196. The summed E-state index contributed by atoms with van der Waals surface area (Å²) in [5.41, 5.74) is 0.753. The van der Waals surface area contributed by atoms with Crippen LogP contribution in [0, 0.1) is 10.1 Å². The van der Waals surface area contributed by atoms with Gasteiger partial charge in [0.05, 0.1) is 17.6 Å². The molecule has 0 radical (unpaired) electrons. The molecule has 0 amide bonds. The third-order valence-corrected chi connectivity index (χ3v) is 3.36. The maximum Gasteiger partial charge on any atom is 0.363 e. The summed E-state index contributed by atoms with van der Waals surface area (Å²) >= 11 is 0. The molecule has 0 aromatic heterocycles. The van der Waals surface area contributed by atoms with Crippen LogP contribution < -0.4 is 4.74 Å². The molecule has 0 saturated heterocycles. The van der Waals surface area contributed by atoms with Crippen molar-refractivity contribution < 1.29 is 19.2 Å². The predicted molar refractivity (Wildman–Crippen MR) is 86.7 cm³/mol. The minimum Gasteiger partial charge on any atom is -0.497 e. The molecule has 120 valence electrons. The zero-order chi connectivity index (χ0) is 17.1. The highest BCUT2D eigenvalue weighted by molar-refractivity contribution is 6.13. The fraction of sp³-hybridized carbons (Fsp3) is 0.0588. The van der Waals surface area contributed by atoms with Gasteiger partial charge in [-0.2, -0.15) is 0 Å². The summed E-state index contributed by atoms with van der Waals surface area (Å²) in [5.74, 6) is 0.0667. The van der Waals surface area contributed by atoms with Gasteiger partial charge in [0.25, 0.3) is 5.69 Å². The maximum absolute atomic E-state index is 12.0. The van der Waals surface area contributed by atoms with Gasteiger partial charge in [0, 0.05) is 11.6 Å². The first-order valence-corrected chi connectivity index (χ1v) is 6.99. The quantitative estimate of drug-likeness (QED) is 0.373. The number of hydrogen-bond donors (Lipinski definition) is 0. The van der Waals surface area contributed by atoms with Crippen molar-refractivity contribution in [1.29, 1.82) is 0 Å². The Labute approximate surface area is 137 Å². The number of nitrogens with zero attached hydrogens (tertiary/aromatic N) is 2. The summed E-state index contributed by atoms with van der Waals surface area (Å²) in [6, 6.07) is 13.0. The van der Waals surface area contributed by atoms with Gasteiger partial charge in [0.2, 0.25) is 5.90 Å². The van der Waals surface area contributed by atoms with Crippen LogP contribution in [0.25, 0.3) is 6.08 Å². The van der Waals surface area contributed by atoms with E-state index in [1.54, 1.807) is 36.4 Å². The van der Waals surface area contributed by atoms with Gasteiger partial charge in [0.1, 0.15) is 5.75 Å². The Morgan fingerprint density at radius 3 is 2.75 bits per heavy atom. The summed E-state index contributed by atoms with van der Waals surface area (Å²) in [5, 5.41) is 11.0. The van der Waals surface area contributed by atoms with Gasteiger partial charge in [-0.1, -0.05) is 18.2 Å². The Morgan fingerprint density at radius 1 is 1.21 bits per heavy atom. The molecule has 0 unspecified atom stereocenters. The van der Waals surface area contributed by atoms with E-state index in [4.69, 9.17) is 9.47 Å². The molecule has 24 heavy (non-hydrogen) atoms. The molecule has 7 nitrogen and oxygen atoms in total. The fourth-order valence-electron chi connectivity index (χ4n) is 2.21. The molecule has 0 bridgehead atoms. The highest BCUT2D eigenvalue weighted by Gasteiger charge is 2.25. The Bertz CT molecular complexity index is 886. The zero-order valence-electron chi connectivity index (χ0n) is 12.6. The number of carbonyl (C=O) groups is 1. The lowest BCUT2D eigenvalue weighted by Crippen LogP contribution is -2.05. The van der Waals surface area contributed by atoms with E-state index < -0.39 is 10.9 Å². The molecule has 1 aliphatic rings. The van der Waals surface area contributed by atoms with Gasteiger partial charge >= 0.3 is 5.97 Å². The lowest BCUT2D eigenvalue weighted by Gasteiger charge is -2.02. The number of ether oxygens (including phenoxy) is 2. The molecular weight excluding hydrogens is 312 g/mol. The van der Waals surface area contributed by atoms with Crippen LogP contribution in [0.3, 0.4) is 0 Å². The molecule has 2 aromatic rings. The number of nitro groups is 1. The Morgan fingerprint density at radius 2 is 2.00 bits per heavy atom. The van der Waals surface area contributed by atoms with Crippen LogP contribution in [0.2, 0.25) is 0 Å². The van der Waals surface area contributed by atoms with E-state index in [0.29, 0.717) is 11.3 Å². The maximum atomic E-state index is 12.0. The third kappa shape index (κ3) is 3.00. The van der Waals surface area contributed by atoms with E-state index in [1.807, 2.05) is 0 Å². The molecule has 1 aliphatic heterocycles. The second kappa shape index (κ2) is 6.33. The first-order valence-electron chi connectivity index (χ1n) is 6.99. The molecule has 0 saturated carbocycles. The summed E-state index contributed by atoms with van der Waals surface area (Å²) in [4.78, 5) is 26.7. The highest BCUT2D eigenvalue weighted by Crippen LogP contribution is 2.25. The van der Waals surface area contributed by atoms with E-state index in [1.165, 1.54) is 25.3 Å². The van der Waals surface area contributed by atoms with Crippen LogP contribution in [0.15, 0.2) is 59.2 Å². The SMILES string of the molecule is COc1cccc(C2=NC(=Cc3ccccc3[N+](=O)[O-])C(=O)O2)c1. The molecule has 3 rings (SSSR count). The summed E-state index contributed by atoms with van der Waals surface area (Å²) in [6.45, 7) is 0. The fourth-order valence-corrected chi connectivity index (χ4v) is 2.21. The molecule has 2 aromatic carbocycles. The van der Waals surface area contributed by atoms with Gasteiger partial charge in [-0.05, 0) is 30.3 Å². The van der Waals surface area contributed by atoms with Gasteiger partial charge in [-0.15, -0.1) is 0 Å². The molecule has 0 atom stereocenters. The lowest BCUT2D eigenvalue weighted by atomic mass is 10.1. The van der Waals surface area contributed by atoms with Gasteiger partial charge in [-0.3, -0.25) is 10.1 Å². The lowest BCUT2D eigenvalue weighted by molar-refractivity contribution is -0.385. The molecular formula is C17H12N2O5. The average molecular weight is 324 g/mol. The van der Waals surface area contributed by atoms with Crippen molar-refractivity contribution in [3.8, 4) is 5.75 Å². The van der Waals surface area contributed by atoms with Crippen molar-refractivity contribution in [1.82, 2.24) is 0 Å². The van der Waals surface area contributed by atoms with Crippen LogP contribution in [-0.4, -0.2) is 23.9 Å². The van der Waals surface area contributed by atoms with Gasteiger partial charge < -0.3 is 9.47 Å². The molecule has 1 heterocycles. The normalized spacial score (nSPS) is 15.1. The smallest absolute Gasteiger partial charge is 0.363 e. The number of benzene rings is 2. The van der Waals surface area contributed by atoms with Crippen molar-refractivity contribution in [3.63, 3.8) is 0 Å². The third-order valence-electron chi connectivity index (χ3n) is 3.36. The van der Waals surface area contributed by atoms with Crippen molar-refractivity contribution in [2.24, 2.45) is 4.99 Å². The van der Waals surface area contributed by atoms with Crippen molar-refractivity contribution >= 4 is 23.6 Å². The number of para-hydroxylation sites is 1. The monoisotopic (exact) mass is 324 g/mol. The number of cyclic esters (lactones) is 1. The second-order valence-electron chi connectivity index (χ2n) is 4.88. The van der Waals surface area contributed by atoms with Crippen LogP contribution in [0.4, 0.5) is 5.69 Å². The Balaban J connectivity index is 1.99. The first-order chi connectivity index (χ1) is 11.6. The molecule has 7 heteroatoms. The van der Waals surface area contributed by atoms with Crippen molar-refractivity contribution in [2.75, 3.05) is 7.11 Å². The number of rotatable bonds is 4. The number of carbonyl (C=O) groups excluding carboxylic acids is 1. The molecule has 0 aliphatic carbocycles. The van der Waals surface area contributed by atoms with E-state index >= 15 is 0 Å². The summed E-state index contributed by atoms with van der Waals surface area (Å²) < 4.78 is 10.3. The number of aliphatic imine (C=N–C) groups is 1. The second-order valence-corrected chi connectivity index (χ2v) is 4.88. The number of hydrogen-bond acceptors (Lipinski definition) is 6. The van der Waals surface area contributed by atoms with E-state index in [-0.39, 0.29) is 22.8 Å². The predicted octanol–water partition coefficient (Wildman–Crippen LogP) is 2.95. The van der Waals surface area contributed by atoms with Crippen LogP contribution in [0.5, 0.6) is 5.75 Å². The average Bonchev–Trinajstić information content (AvgIpc) is 2.96. The van der Waals surface area contributed by atoms with E-state index in [9.17, 15) is 14.9 Å². The minimum atomic E-state index is -0.661. The number of esters is 1. The van der Waals surface area contributed by atoms with E-state index in [0.717, 1.165) is 0 Å². The Kier molecular flexibility index (Phi) is 4.07. The summed E-state index contributed by atoms with van der Waals surface area (Å²) in [6.07, 6.45) is 1.34. The van der Waals surface area contributed by atoms with Gasteiger partial charge in [0.15, 0.2) is 5.70 Å². The van der Waals surface area contributed by atoms with Crippen molar-refractivity contribution in [2.45, 2.75) is 0 Å². The number of nitro benzene ring substituents is 1.